The Labute approximate surface area is 61.3 Å². The van der Waals surface area contributed by atoms with E-state index in [2.05, 4.69) is 16.4 Å². The molecule has 54 valence electrons. The second kappa shape index (κ2) is 7.60. The van der Waals surface area contributed by atoms with Crippen molar-refractivity contribution in [2.45, 2.75) is 6.92 Å². The monoisotopic (exact) mass is 163 g/mol. The van der Waals surface area contributed by atoms with Gasteiger partial charge in [-0.1, -0.05) is 6.58 Å². The van der Waals surface area contributed by atoms with E-state index >= 15 is 0 Å². The van der Waals surface area contributed by atoms with E-state index in [1.165, 1.54) is 0 Å². The highest BCUT2D eigenvalue weighted by Crippen LogP contribution is 1.86. The van der Waals surface area contributed by atoms with E-state index in [0.29, 0.717) is 16.1 Å². The first kappa shape index (κ1) is 11.4. The summed E-state index contributed by atoms with van der Waals surface area (Å²) in [6.45, 7) is 5.00. The van der Waals surface area contributed by atoms with Gasteiger partial charge in [0, 0.05) is 5.57 Å². The van der Waals surface area contributed by atoms with E-state index in [4.69, 9.17) is 0 Å². The average molecular weight is 163 g/mol. The van der Waals surface area contributed by atoms with Crippen LogP contribution in [0.25, 0.3) is 0 Å². The summed E-state index contributed by atoms with van der Waals surface area (Å²) >= 11 is 0. The molecule has 0 spiro atoms. The van der Waals surface area contributed by atoms with E-state index in [1.807, 2.05) is 0 Å². The third kappa shape index (κ3) is 7.60. The Morgan fingerprint density at radius 3 is 2.00 bits per heavy atom. The molecule has 0 aromatic heterocycles. The molecular formula is C4H13NO2Si2. The number of rotatable bonds is 1. The highest BCUT2D eigenvalue weighted by molar-refractivity contribution is 6.08. The zero-order valence-corrected chi connectivity index (χ0v) is 10.1. The Hall–Kier alpha value is -0.396. The molecule has 0 aromatic carbocycles. The van der Waals surface area contributed by atoms with Gasteiger partial charge in [-0.05, 0) is 6.92 Å². The normalized spacial score (nSPS) is 7.33. The van der Waals surface area contributed by atoms with Crippen molar-refractivity contribution in [2.75, 3.05) is 0 Å². The minimum Gasteiger partial charge on any atom is -0.526 e. The molecule has 0 aromatic rings. The smallest absolute Gasteiger partial charge is 0.319 e. The molecule has 0 atom stereocenters. The minimum atomic E-state index is -0.285. The van der Waals surface area contributed by atoms with Crippen LogP contribution in [0, 0.1) is 0 Å². The van der Waals surface area contributed by atoms with Crippen LogP contribution in [0.3, 0.4) is 0 Å². The average Bonchev–Trinajstić information content (AvgIpc) is 1.91. The van der Waals surface area contributed by atoms with Crippen LogP contribution in [-0.2, 0) is 9.22 Å². The predicted molar refractivity (Wildman–Crippen MR) is 45.0 cm³/mol. The van der Waals surface area contributed by atoms with Crippen molar-refractivity contribution in [3.8, 4) is 0 Å². The summed E-state index contributed by atoms with van der Waals surface area (Å²) in [4.78, 5) is 10.2. The van der Waals surface area contributed by atoms with Crippen LogP contribution < -0.4 is 5.40 Å². The van der Waals surface area contributed by atoms with Crippen LogP contribution in [0.15, 0.2) is 12.2 Å². The van der Waals surface area contributed by atoms with E-state index in [-0.39, 0.29) is 5.97 Å². The lowest BCUT2D eigenvalue weighted by Crippen LogP contribution is -2.00. The van der Waals surface area contributed by atoms with E-state index in [0.717, 1.165) is 10.4 Å². The Bertz CT molecular complexity index is 105. The van der Waals surface area contributed by atoms with E-state index in [1.54, 1.807) is 6.92 Å². The molecule has 9 heavy (non-hydrogen) atoms. The molecule has 0 aliphatic rings. The summed E-state index contributed by atoms with van der Waals surface area (Å²) in [7, 11) is 1.27. The minimum absolute atomic E-state index is 0.285. The van der Waals surface area contributed by atoms with Crippen LogP contribution in [0.4, 0.5) is 0 Å². The SMILES string of the molecule is C=C(C)C(=O)O[SiH3].N[SiH3]. The highest BCUT2D eigenvalue weighted by atomic mass is 28.2. The van der Waals surface area contributed by atoms with Gasteiger partial charge in [-0.25, -0.2) is 4.79 Å². The Balaban J connectivity index is 0. The van der Waals surface area contributed by atoms with Gasteiger partial charge in [-0.3, -0.25) is 0 Å². The maximum atomic E-state index is 10.2. The zero-order valence-electron chi connectivity index (χ0n) is 6.10. The number of hydrogen-bond donors (Lipinski definition) is 1. The lowest BCUT2D eigenvalue weighted by atomic mass is 10.4. The van der Waals surface area contributed by atoms with Crippen molar-refractivity contribution in [3.05, 3.63) is 12.2 Å². The largest absolute Gasteiger partial charge is 0.526 e. The van der Waals surface area contributed by atoms with Gasteiger partial charge in [0.15, 0.2) is 0 Å². The summed E-state index contributed by atoms with van der Waals surface area (Å²) in [6.07, 6.45) is 0. The number of carbonyl (C=O) groups excluding carboxylic acids is 1. The maximum absolute atomic E-state index is 10.2. The Morgan fingerprint density at radius 2 is 2.00 bits per heavy atom. The van der Waals surface area contributed by atoms with E-state index in [9.17, 15) is 4.79 Å². The maximum Gasteiger partial charge on any atom is 0.319 e. The summed E-state index contributed by atoms with van der Waals surface area (Å²) in [5, 5.41) is 4.64. The van der Waals surface area contributed by atoms with E-state index < -0.39 is 0 Å². The molecule has 3 nitrogen and oxygen atoms in total. The molecule has 5 heteroatoms. The van der Waals surface area contributed by atoms with Crippen molar-refractivity contribution >= 4 is 26.9 Å². The van der Waals surface area contributed by atoms with Gasteiger partial charge in [-0.2, -0.15) is 0 Å². The number of hydrogen-bond acceptors (Lipinski definition) is 3. The van der Waals surface area contributed by atoms with Crippen LogP contribution in [0.1, 0.15) is 6.92 Å². The van der Waals surface area contributed by atoms with Crippen LogP contribution in [-0.4, -0.2) is 26.9 Å². The molecule has 0 aliphatic carbocycles. The fraction of sp³-hybridized carbons (Fsp3) is 0.250. The third-order valence-corrected chi connectivity index (χ3v) is 0.905. The Kier molecular flexibility index (Phi) is 9.64. The van der Waals surface area contributed by atoms with Crippen molar-refractivity contribution in [1.82, 2.24) is 0 Å². The lowest BCUT2D eigenvalue weighted by Gasteiger charge is -1.92. The third-order valence-electron chi connectivity index (χ3n) is 0.534. The molecule has 0 unspecified atom stereocenters. The fourth-order valence-electron chi connectivity index (χ4n) is 0.174. The summed E-state index contributed by atoms with van der Waals surface area (Å²) in [5.41, 5.74) is 0.468. The van der Waals surface area contributed by atoms with Crippen molar-refractivity contribution in [2.24, 2.45) is 5.40 Å². The molecule has 0 saturated heterocycles. The first-order valence-corrected chi connectivity index (χ1v) is 4.47. The fourth-order valence-corrected chi connectivity index (χ4v) is 0.523. The molecule has 0 bridgehead atoms. The molecule has 0 aliphatic heterocycles. The number of carbonyl (C=O) groups is 1. The van der Waals surface area contributed by atoms with Gasteiger partial charge in [0.25, 0.3) is 0 Å². The predicted octanol–water partition coefficient (Wildman–Crippen LogP) is -2.39. The standard InChI is InChI=1S/C4H8O2Si.H5NSi/c1-3(2)4(5)6-7;1-2/h1H2,2,7H3;1H2,2H3. The van der Waals surface area contributed by atoms with Gasteiger partial charge >= 0.3 is 5.97 Å². The van der Waals surface area contributed by atoms with Gasteiger partial charge in [0.1, 0.15) is 0 Å². The molecular weight excluding hydrogens is 150 g/mol. The molecule has 0 radical (unpaired) electrons. The zero-order chi connectivity index (χ0) is 7.86. The molecule has 0 rings (SSSR count). The van der Waals surface area contributed by atoms with Crippen LogP contribution in [0.2, 0.25) is 0 Å². The van der Waals surface area contributed by atoms with Crippen molar-refractivity contribution in [3.63, 3.8) is 0 Å². The van der Waals surface area contributed by atoms with Gasteiger partial charge < -0.3 is 9.83 Å². The molecule has 2 N–H and O–H groups in total. The molecule has 0 fully saturated rings. The molecule has 0 heterocycles. The van der Waals surface area contributed by atoms with Gasteiger partial charge in [0.05, 0.1) is 10.4 Å². The molecule has 0 amide bonds. The van der Waals surface area contributed by atoms with Crippen LogP contribution in [0.5, 0.6) is 0 Å². The summed E-state index contributed by atoms with van der Waals surface area (Å²) < 4.78 is 4.41. The molecule has 0 saturated carbocycles. The first-order chi connectivity index (χ1) is 4.18. The van der Waals surface area contributed by atoms with Crippen LogP contribution >= 0.6 is 0 Å². The van der Waals surface area contributed by atoms with Gasteiger partial charge in [-0.15, -0.1) is 0 Å². The summed E-state index contributed by atoms with van der Waals surface area (Å²) in [6, 6.07) is 0. The second-order valence-corrected chi connectivity index (χ2v) is 1.68. The summed E-state index contributed by atoms with van der Waals surface area (Å²) in [5.74, 6) is -0.285. The van der Waals surface area contributed by atoms with Gasteiger partial charge in [0.2, 0.25) is 10.5 Å². The first-order valence-electron chi connectivity index (χ1n) is 2.50. The van der Waals surface area contributed by atoms with Crippen molar-refractivity contribution < 1.29 is 9.22 Å². The van der Waals surface area contributed by atoms with Crippen molar-refractivity contribution in [1.29, 1.82) is 0 Å². The quantitative estimate of drug-likeness (QED) is 0.347. The Morgan fingerprint density at radius 1 is 1.67 bits per heavy atom. The topological polar surface area (TPSA) is 52.3 Å². The second-order valence-electron chi connectivity index (χ2n) is 1.27. The lowest BCUT2D eigenvalue weighted by molar-refractivity contribution is -0.129. The highest BCUT2D eigenvalue weighted by Gasteiger charge is 1.94. The number of nitrogens with two attached hydrogens (primary N) is 1.